The number of hydrogen-bond donors (Lipinski definition) is 3. The van der Waals surface area contributed by atoms with Crippen LogP contribution < -0.4 is 10.9 Å². The molecule has 0 bridgehead atoms. The molecule has 1 fully saturated rings. The van der Waals surface area contributed by atoms with Gasteiger partial charge >= 0.3 is 6.18 Å². The van der Waals surface area contributed by atoms with Crippen LogP contribution in [0.2, 0.25) is 0 Å². The number of alkyl halides is 3. The van der Waals surface area contributed by atoms with E-state index in [1.165, 1.54) is 17.5 Å². The van der Waals surface area contributed by atoms with E-state index in [1.54, 1.807) is 16.4 Å². The maximum absolute atomic E-state index is 14.3. The lowest BCUT2D eigenvalue weighted by molar-refractivity contribution is -0.137. The molecule has 50 heavy (non-hydrogen) atoms. The number of carbonyl (C=O) groups excluding carboxylic acids is 2. The van der Waals surface area contributed by atoms with Crippen molar-refractivity contribution < 1.29 is 32.6 Å². The molecule has 2 aliphatic carbocycles. The molecule has 13 nitrogen and oxygen atoms in total. The number of aromatic hydroxyl groups is 1. The number of aromatic nitrogens is 6. The molecule has 0 saturated heterocycles. The van der Waals surface area contributed by atoms with E-state index in [4.69, 9.17) is 9.72 Å². The number of aromatic amines is 1. The average molecular weight is 695 g/mol. The van der Waals surface area contributed by atoms with Crippen LogP contribution in [0.25, 0.3) is 11.4 Å². The van der Waals surface area contributed by atoms with E-state index in [1.807, 2.05) is 13.0 Å². The molecular formula is C34H37F3N8O5. The van der Waals surface area contributed by atoms with Gasteiger partial charge in [-0.25, -0.2) is 0 Å². The van der Waals surface area contributed by atoms with Crippen LogP contribution in [0.1, 0.15) is 82.9 Å². The van der Waals surface area contributed by atoms with E-state index < -0.39 is 17.6 Å². The van der Waals surface area contributed by atoms with Crippen molar-refractivity contribution in [2.24, 2.45) is 5.92 Å². The first kappa shape index (κ1) is 33.5. The van der Waals surface area contributed by atoms with Gasteiger partial charge in [-0.05, 0) is 94.0 Å². The van der Waals surface area contributed by atoms with E-state index in [9.17, 15) is 32.7 Å². The average Bonchev–Trinajstić information content (AvgIpc) is 3.80. The van der Waals surface area contributed by atoms with Crippen molar-refractivity contribution in [1.82, 2.24) is 34.3 Å². The number of H-pyrrole nitrogens is 1. The van der Waals surface area contributed by atoms with Crippen molar-refractivity contribution in [3.8, 4) is 5.75 Å². The highest BCUT2D eigenvalue weighted by Gasteiger charge is 2.47. The Morgan fingerprint density at radius 2 is 1.98 bits per heavy atom. The number of rotatable bonds is 8. The summed E-state index contributed by atoms with van der Waals surface area (Å²) in [4.78, 5) is 47.8. The maximum atomic E-state index is 14.3. The quantitative estimate of drug-likeness (QED) is 0.245. The molecular weight excluding hydrogens is 657 g/mol. The van der Waals surface area contributed by atoms with Crippen molar-refractivity contribution in [2.75, 3.05) is 25.1 Å². The molecule has 4 heterocycles. The van der Waals surface area contributed by atoms with Gasteiger partial charge in [-0.3, -0.25) is 19.5 Å². The third-order valence-corrected chi connectivity index (χ3v) is 10.3. The molecule has 3 N–H and O–H groups in total. The van der Waals surface area contributed by atoms with Gasteiger partial charge < -0.3 is 24.6 Å². The summed E-state index contributed by atoms with van der Waals surface area (Å²) in [6.45, 7) is 5.95. The second-order valence-corrected chi connectivity index (χ2v) is 13.1. The van der Waals surface area contributed by atoms with Crippen molar-refractivity contribution in [3.63, 3.8) is 0 Å². The highest BCUT2D eigenvalue weighted by molar-refractivity contribution is 5.95. The highest BCUT2D eigenvalue weighted by atomic mass is 19.4. The van der Waals surface area contributed by atoms with Crippen molar-refractivity contribution in [3.05, 3.63) is 74.2 Å². The number of amides is 2. The van der Waals surface area contributed by atoms with E-state index in [-0.39, 0.29) is 64.4 Å². The lowest BCUT2D eigenvalue weighted by atomic mass is 9.69. The van der Waals surface area contributed by atoms with Crippen LogP contribution in [-0.4, -0.2) is 77.0 Å². The molecule has 2 amide bonds. The molecule has 3 aromatic heterocycles. The molecule has 7 rings (SSSR count). The summed E-state index contributed by atoms with van der Waals surface area (Å²) in [7, 11) is 0. The number of nitrogens with one attached hydrogen (secondary N) is 2. The zero-order chi connectivity index (χ0) is 35.5. The lowest BCUT2D eigenvalue weighted by Crippen LogP contribution is -2.52. The van der Waals surface area contributed by atoms with Gasteiger partial charge in [0.05, 0.1) is 18.8 Å². The molecule has 16 heteroatoms. The predicted molar refractivity (Wildman–Crippen MR) is 175 cm³/mol. The number of nitrogens with zero attached hydrogens (tertiary/aromatic N) is 6. The summed E-state index contributed by atoms with van der Waals surface area (Å²) in [5.41, 5.74) is 1.69. The van der Waals surface area contributed by atoms with E-state index in [0.29, 0.717) is 61.8 Å². The Morgan fingerprint density at radius 1 is 1.18 bits per heavy atom. The largest absolute Gasteiger partial charge is 0.504 e. The van der Waals surface area contributed by atoms with Gasteiger partial charge in [0.25, 0.3) is 11.5 Å². The summed E-state index contributed by atoms with van der Waals surface area (Å²) in [6.07, 6.45) is 0.466. The van der Waals surface area contributed by atoms with Crippen LogP contribution in [0, 0.1) is 19.8 Å². The highest BCUT2D eigenvalue weighted by Crippen LogP contribution is 2.48. The Labute approximate surface area is 284 Å². The number of carbonyl (C=O) groups is 2. The van der Waals surface area contributed by atoms with Gasteiger partial charge in [-0.15, -0.1) is 5.10 Å². The smallest absolute Gasteiger partial charge is 0.416 e. The number of ether oxygens (including phenoxy) is 1. The van der Waals surface area contributed by atoms with Crippen molar-refractivity contribution >= 4 is 28.9 Å². The van der Waals surface area contributed by atoms with Crippen molar-refractivity contribution in [1.29, 1.82) is 0 Å². The van der Waals surface area contributed by atoms with Gasteiger partial charge in [0.1, 0.15) is 12.2 Å². The second-order valence-electron chi connectivity index (χ2n) is 13.1. The number of aryl methyl sites for hydroxylation is 2. The Bertz CT molecular complexity index is 2100. The summed E-state index contributed by atoms with van der Waals surface area (Å²) in [5.74, 6) is -0.804. The van der Waals surface area contributed by atoms with Crippen molar-refractivity contribution in [2.45, 2.75) is 77.6 Å². The summed E-state index contributed by atoms with van der Waals surface area (Å²) in [6, 6.07) is 2.94. The number of hydrogen-bond acceptors (Lipinski definition) is 8. The minimum absolute atomic E-state index is 0.0257. The first-order valence-electron chi connectivity index (χ1n) is 16.7. The monoisotopic (exact) mass is 694 g/mol. The van der Waals surface area contributed by atoms with Gasteiger partial charge in [0.2, 0.25) is 11.7 Å². The molecule has 3 atom stereocenters. The Morgan fingerprint density at radius 3 is 2.60 bits per heavy atom. The Balaban J connectivity index is 1.25. The molecule has 3 unspecified atom stereocenters. The van der Waals surface area contributed by atoms with Crippen LogP contribution in [-0.2, 0) is 28.7 Å². The third kappa shape index (κ3) is 5.74. The fourth-order valence-corrected chi connectivity index (χ4v) is 7.58. The third-order valence-electron chi connectivity index (χ3n) is 10.3. The predicted octanol–water partition coefficient (Wildman–Crippen LogP) is 4.37. The number of benzene rings is 1. The molecule has 1 saturated carbocycles. The number of anilines is 1. The summed E-state index contributed by atoms with van der Waals surface area (Å²) >= 11 is 0. The standard InChI is InChI=1S/C34H37F3N8O5/c1-4-43(32(49)28-29(47)18(3)40-41-28)24-9-6-21(24)22-7-10-25-27(22)31(48)45-33(39-30(42-45)19-11-13-50-14-12-19)44(25)16-26(46)38-23-8-5-20(15-17(23)2)34(35,36)37/h5,8,11,15,21-22,24,47H,4,6-7,9-10,12-14,16H2,1-3H3,(H,38,46)(H,40,41). The zero-order valence-electron chi connectivity index (χ0n) is 27.8. The zero-order valence-corrected chi connectivity index (χ0v) is 27.8. The molecule has 1 aromatic carbocycles. The Kier molecular flexibility index (Phi) is 8.52. The van der Waals surface area contributed by atoms with Crippen LogP contribution >= 0.6 is 0 Å². The number of fused-ring (bicyclic) bond motifs is 2. The van der Waals surface area contributed by atoms with Crippen LogP contribution in [0.3, 0.4) is 0 Å². The minimum atomic E-state index is -4.52. The second kappa shape index (κ2) is 12.7. The SMILES string of the molecule is CCN(C(=O)c1[nH]nc(C)c1O)C1CCC1C1CCc2c1c(=O)n1nc(C3=CCOCC3)nc1n2CC(=O)Nc1ccc(C(F)(F)F)cc1C. The summed E-state index contributed by atoms with van der Waals surface area (Å²) in [5, 5.41) is 24.4. The topological polar surface area (TPSA) is 160 Å². The van der Waals surface area contributed by atoms with Gasteiger partial charge in [0.15, 0.2) is 17.3 Å². The molecule has 1 aliphatic heterocycles. The first-order valence-corrected chi connectivity index (χ1v) is 16.7. The molecule has 0 radical (unpaired) electrons. The van der Waals surface area contributed by atoms with Gasteiger partial charge in [-0.1, -0.05) is 6.08 Å². The van der Waals surface area contributed by atoms with Crippen LogP contribution in [0.5, 0.6) is 5.75 Å². The minimum Gasteiger partial charge on any atom is -0.504 e. The number of halogens is 3. The maximum Gasteiger partial charge on any atom is 0.416 e. The van der Waals surface area contributed by atoms with Gasteiger partial charge in [-0.2, -0.15) is 27.8 Å². The molecule has 0 spiro atoms. The molecule has 264 valence electrons. The Hall–Kier alpha value is -4.99. The lowest BCUT2D eigenvalue weighted by Gasteiger charge is -2.46. The fraction of sp³-hybridized carbons (Fsp3) is 0.471. The molecule has 4 aromatic rings. The van der Waals surface area contributed by atoms with Gasteiger partial charge in [0, 0.05) is 29.5 Å². The van der Waals surface area contributed by atoms with Crippen LogP contribution in [0.4, 0.5) is 18.9 Å². The summed E-state index contributed by atoms with van der Waals surface area (Å²) < 4.78 is 48.1. The first-order chi connectivity index (χ1) is 23.9. The van der Waals surface area contributed by atoms with E-state index in [2.05, 4.69) is 20.6 Å². The van der Waals surface area contributed by atoms with Crippen LogP contribution in [0.15, 0.2) is 29.1 Å². The fourth-order valence-electron chi connectivity index (χ4n) is 7.58. The van der Waals surface area contributed by atoms with E-state index >= 15 is 0 Å². The normalized spacial score (nSPS) is 20.4. The molecule has 3 aliphatic rings. The van der Waals surface area contributed by atoms with E-state index in [0.717, 1.165) is 30.5 Å².